The van der Waals surface area contributed by atoms with Gasteiger partial charge in [-0.3, -0.25) is 14.7 Å². The van der Waals surface area contributed by atoms with E-state index in [1.165, 1.54) is 11.1 Å². The fourth-order valence-electron chi connectivity index (χ4n) is 3.33. The third-order valence-corrected chi connectivity index (χ3v) is 4.70. The van der Waals surface area contributed by atoms with Gasteiger partial charge in [-0.05, 0) is 29.2 Å². The first-order chi connectivity index (χ1) is 12.4. The minimum atomic E-state index is 0.0964. The van der Waals surface area contributed by atoms with Gasteiger partial charge in [0.15, 0.2) is 0 Å². The average Bonchev–Trinajstić information content (AvgIpc) is 2.68. The van der Waals surface area contributed by atoms with Gasteiger partial charge in [-0.1, -0.05) is 60.7 Å². The normalized spacial score (nSPS) is 20.8. The zero-order valence-electron chi connectivity index (χ0n) is 14.3. The molecule has 1 unspecified atom stereocenters. The van der Waals surface area contributed by atoms with Crippen LogP contribution in [0.2, 0.25) is 0 Å². The van der Waals surface area contributed by atoms with Crippen LogP contribution in [0.25, 0.3) is 6.08 Å². The number of hydrogen-bond donors (Lipinski definition) is 1. The standard InChI is InChI=1S/C21H23N3O/c1-2-6-17(7-3-1)10-11-21-22-14-20(25-23-21)16-24-13-12-18-8-4-5-9-19(18)15-24/h1-11,20H,12-16H2,(H,22,23). The monoisotopic (exact) mass is 333 g/mol. The van der Waals surface area contributed by atoms with E-state index in [4.69, 9.17) is 4.84 Å². The molecule has 2 aliphatic rings. The van der Waals surface area contributed by atoms with Crippen LogP contribution < -0.4 is 5.48 Å². The minimum absolute atomic E-state index is 0.0964. The van der Waals surface area contributed by atoms with Crippen molar-refractivity contribution in [1.82, 2.24) is 10.4 Å². The van der Waals surface area contributed by atoms with Crippen LogP contribution in [0.5, 0.6) is 0 Å². The van der Waals surface area contributed by atoms with E-state index in [-0.39, 0.29) is 6.10 Å². The van der Waals surface area contributed by atoms with Crippen molar-refractivity contribution >= 4 is 11.9 Å². The molecule has 0 spiro atoms. The second kappa shape index (κ2) is 7.64. The Balaban J connectivity index is 1.30. The molecule has 0 amide bonds. The largest absolute Gasteiger partial charge is 0.296 e. The molecule has 0 aromatic heterocycles. The maximum absolute atomic E-state index is 5.80. The molecule has 4 rings (SSSR count). The minimum Gasteiger partial charge on any atom is -0.296 e. The van der Waals surface area contributed by atoms with Gasteiger partial charge in [-0.25, -0.2) is 5.48 Å². The fourth-order valence-corrected chi connectivity index (χ4v) is 3.33. The SMILES string of the molecule is C(=Cc1ccccc1)C1=NCC(CN2CCc3ccccc3C2)ON1. The maximum atomic E-state index is 5.80. The van der Waals surface area contributed by atoms with Gasteiger partial charge in [-0.2, -0.15) is 0 Å². The van der Waals surface area contributed by atoms with Gasteiger partial charge in [0, 0.05) is 19.6 Å². The van der Waals surface area contributed by atoms with Crippen LogP contribution in [0, 0.1) is 0 Å². The lowest BCUT2D eigenvalue weighted by Crippen LogP contribution is -2.44. The number of hydroxylamine groups is 1. The van der Waals surface area contributed by atoms with Gasteiger partial charge in [0.2, 0.25) is 0 Å². The highest BCUT2D eigenvalue weighted by molar-refractivity contribution is 5.96. The molecule has 0 saturated heterocycles. The Hall–Kier alpha value is -2.43. The van der Waals surface area contributed by atoms with Crippen LogP contribution in [0.3, 0.4) is 0 Å². The number of rotatable bonds is 4. The molecule has 2 aliphatic heterocycles. The molecule has 128 valence electrons. The summed E-state index contributed by atoms with van der Waals surface area (Å²) in [5, 5.41) is 0. The summed E-state index contributed by atoms with van der Waals surface area (Å²) in [5.41, 5.74) is 7.06. The first kappa shape index (κ1) is 16.1. The zero-order chi connectivity index (χ0) is 16.9. The van der Waals surface area contributed by atoms with Crippen molar-refractivity contribution in [2.75, 3.05) is 19.6 Å². The summed E-state index contributed by atoms with van der Waals surface area (Å²) >= 11 is 0. The van der Waals surface area contributed by atoms with Crippen molar-refractivity contribution in [2.45, 2.75) is 19.1 Å². The van der Waals surface area contributed by atoms with Crippen LogP contribution in [-0.2, 0) is 17.8 Å². The second-order valence-electron chi connectivity index (χ2n) is 6.57. The smallest absolute Gasteiger partial charge is 0.145 e. The Morgan fingerprint density at radius 2 is 1.84 bits per heavy atom. The van der Waals surface area contributed by atoms with E-state index in [1.807, 2.05) is 30.4 Å². The van der Waals surface area contributed by atoms with Gasteiger partial charge < -0.3 is 0 Å². The fraction of sp³-hybridized carbons (Fsp3) is 0.286. The summed E-state index contributed by atoms with van der Waals surface area (Å²) in [5.74, 6) is 0.782. The molecule has 0 saturated carbocycles. The third-order valence-electron chi connectivity index (χ3n) is 4.70. The summed E-state index contributed by atoms with van der Waals surface area (Å²) in [4.78, 5) is 12.9. The van der Waals surface area contributed by atoms with Gasteiger partial charge in [0.25, 0.3) is 0 Å². The van der Waals surface area contributed by atoms with E-state index < -0.39 is 0 Å². The molecular weight excluding hydrogens is 310 g/mol. The Kier molecular flexibility index (Phi) is 4.91. The quantitative estimate of drug-likeness (QED) is 0.934. The van der Waals surface area contributed by atoms with Crippen LogP contribution >= 0.6 is 0 Å². The number of hydrogen-bond acceptors (Lipinski definition) is 4. The van der Waals surface area contributed by atoms with Gasteiger partial charge in [0.1, 0.15) is 11.9 Å². The van der Waals surface area contributed by atoms with Crippen LogP contribution in [0.15, 0.2) is 65.7 Å². The topological polar surface area (TPSA) is 36.9 Å². The molecule has 1 N–H and O–H groups in total. The number of amidine groups is 1. The summed E-state index contributed by atoms with van der Waals surface area (Å²) < 4.78 is 0. The van der Waals surface area contributed by atoms with Crippen molar-refractivity contribution in [1.29, 1.82) is 0 Å². The van der Waals surface area contributed by atoms with E-state index >= 15 is 0 Å². The predicted molar refractivity (Wildman–Crippen MR) is 101 cm³/mol. The molecule has 4 nitrogen and oxygen atoms in total. The summed E-state index contributed by atoms with van der Waals surface area (Å²) in [7, 11) is 0. The highest BCUT2D eigenvalue weighted by atomic mass is 16.7. The lowest BCUT2D eigenvalue weighted by Gasteiger charge is -2.32. The predicted octanol–water partition coefficient (Wildman–Crippen LogP) is 3.06. The average molecular weight is 333 g/mol. The Bertz CT molecular complexity index is 770. The molecule has 2 aromatic carbocycles. The first-order valence-electron chi connectivity index (χ1n) is 8.85. The molecule has 25 heavy (non-hydrogen) atoms. The van der Waals surface area contributed by atoms with Crippen LogP contribution in [0.1, 0.15) is 16.7 Å². The molecule has 2 heterocycles. The van der Waals surface area contributed by atoms with E-state index in [2.05, 4.69) is 51.8 Å². The van der Waals surface area contributed by atoms with Crippen molar-refractivity contribution in [3.8, 4) is 0 Å². The van der Waals surface area contributed by atoms with E-state index in [1.54, 1.807) is 0 Å². The van der Waals surface area contributed by atoms with Crippen LogP contribution in [-0.4, -0.2) is 36.5 Å². The first-order valence-corrected chi connectivity index (χ1v) is 8.85. The molecule has 4 heteroatoms. The highest BCUT2D eigenvalue weighted by Crippen LogP contribution is 2.19. The van der Waals surface area contributed by atoms with E-state index in [0.29, 0.717) is 6.54 Å². The molecule has 0 bridgehead atoms. The molecule has 1 atom stereocenters. The van der Waals surface area contributed by atoms with Gasteiger partial charge in [-0.15, -0.1) is 0 Å². The highest BCUT2D eigenvalue weighted by Gasteiger charge is 2.22. The molecule has 0 radical (unpaired) electrons. The third kappa shape index (κ3) is 4.16. The molecule has 0 fully saturated rings. The molecular formula is C21H23N3O. The van der Waals surface area contributed by atoms with Gasteiger partial charge >= 0.3 is 0 Å². The number of aliphatic imine (C=N–C) groups is 1. The Morgan fingerprint density at radius 3 is 2.64 bits per heavy atom. The summed E-state index contributed by atoms with van der Waals surface area (Å²) in [6.45, 7) is 3.68. The van der Waals surface area contributed by atoms with Crippen molar-refractivity contribution in [2.24, 2.45) is 4.99 Å². The summed E-state index contributed by atoms with van der Waals surface area (Å²) in [6, 6.07) is 18.9. The van der Waals surface area contributed by atoms with Crippen molar-refractivity contribution < 1.29 is 4.84 Å². The maximum Gasteiger partial charge on any atom is 0.145 e. The van der Waals surface area contributed by atoms with Crippen LogP contribution in [0.4, 0.5) is 0 Å². The van der Waals surface area contributed by atoms with Gasteiger partial charge in [0.05, 0.1) is 6.54 Å². The molecule has 0 aliphatic carbocycles. The van der Waals surface area contributed by atoms with E-state index in [9.17, 15) is 0 Å². The number of nitrogens with zero attached hydrogens (tertiary/aromatic N) is 2. The number of benzene rings is 2. The van der Waals surface area contributed by atoms with E-state index in [0.717, 1.165) is 37.5 Å². The Labute approximate surface area is 148 Å². The van der Waals surface area contributed by atoms with Crippen molar-refractivity contribution in [3.63, 3.8) is 0 Å². The second-order valence-corrected chi connectivity index (χ2v) is 6.57. The lowest BCUT2D eigenvalue weighted by atomic mass is 10.00. The lowest BCUT2D eigenvalue weighted by molar-refractivity contribution is -0.0149. The number of fused-ring (bicyclic) bond motifs is 1. The Morgan fingerprint density at radius 1 is 1.04 bits per heavy atom. The molecule has 2 aromatic rings. The van der Waals surface area contributed by atoms with Crippen molar-refractivity contribution in [3.05, 3.63) is 77.4 Å². The zero-order valence-corrected chi connectivity index (χ0v) is 14.3. The number of nitrogens with one attached hydrogen (secondary N) is 1. The summed E-state index contributed by atoms with van der Waals surface area (Å²) in [6.07, 6.45) is 5.21.